The van der Waals surface area contributed by atoms with E-state index in [2.05, 4.69) is 14.1 Å². The molecule has 27 heavy (non-hydrogen) atoms. The molecule has 3 atom stereocenters. The van der Waals surface area contributed by atoms with Crippen LogP contribution in [0.1, 0.15) is 36.8 Å². The molecular weight excluding hydrogens is 338 g/mol. The van der Waals surface area contributed by atoms with Crippen LogP contribution >= 0.6 is 0 Å². The van der Waals surface area contributed by atoms with E-state index in [0.717, 1.165) is 28.5 Å². The summed E-state index contributed by atoms with van der Waals surface area (Å²) < 4.78 is 6.98. The SMILES string of the molecule is C[N+]1(C)C2CCCC1C(OC(=O)C1(O)c3ccccc3-c3ccccc31)C2. The average molecular weight is 364 g/mol. The fraction of sp³-hybridized carbons (Fsp3) is 0.435. The molecule has 3 aliphatic rings. The van der Waals surface area contributed by atoms with Crippen molar-refractivity contribution in [3.05, 3.63) is 59.7 Å². The highest BCUT2D eigenvalue weighted by Gasteiger charge is 2.56. The Hall–Kier alpha value is -2.17. The van der Waals surface area contributed by atoms with Crippen LogP contribution < -0.4 is 0 Å². The molecule has 4 heteroatoms. The number of nitrogens with zero attached hydrogens (tertiary/aromatic N) is 1. The quantitative estimate of drug-likeness (QED) is 0.657. The van der Waals surface area contributed by atoms with Gasteiger partial charge in [0.15, 0.2) is 6.10 Å². The molecule has 2 aliphatic heterocycles. The van der Waals surface area contributed by atoms with Gasteiger partial charge >= 0.3 is 5.97 Å². The zero-order valence-corrected chi connectivity index (χ0v) is 15.9. The fourth-order valence-corrected chi connectivity index (χ4v) is 5.71. The Morgan fingerprint density at radius 1 is 1.04 bits per heavy atom. The Morgan fingerprint density at radius 3 is 2.22 bits per heavy atom. The lowest BCUT2D eigenvalue weighted by molar-refractivity contribution is -0.931. The smallest absolute Gasteiger partial charge is 0.348 e. The van der Waals surface area contributed by atoms with Crippen molar-refractivity contribution in [1.82, 2.24) is 0 Å². The van der Waals surface area contributed by atoms with Crippen molar-refractivity contribution in [2.24, 2.45) is 0 Å². The van der Waals surface area contributed by atoms with Gasteiger partial charge in [0.05, 0.1) is 20.1 Å². The van der Waals surface area contributed by atoms with Gasteiger partial charge < -0.3 is 14.3 Å². The van der Waals surface area contributed by atoms with Crippen LogP contribution in [-0.4, -0.2) is 47.8 Å². The largest absolute Gasteiger partial charge is 0.453 e. The van der Waals surface area contributed by atoms with E-state index in [0.29, 0.717) is 23.2 Å². The number of likely N-dealkylation sites (N-methyl/N-ethyl adjacent to an activating group) is 1. The minimum absolute atomic E-state index is 0.121. The average Bonchev–Trinajstić information content (AvgIpc) is 2.94. The standard InChI is InChI=1S/C23H26NO3/c1-24(2)15-8-7-13-20(24)21(14-15)27-22(25)23(26)18-11-5-3-9-16(18)17-10-4-6-12-19(17)23/h3-6,9-12,15,20-21,26H,7-8,13-14H2,1-2H3/q+1. The van der Waals surface area contributed by atoms with Crippen LogP contribution in [0.3, 0.4) is 0 Å². The predicted molar refractivity (Wildman–Crippen MR) is 103 cm³/mol. The van der Waals surface area contributed by atoms with E-state index >= 15 is 0 Å². The molecule has 0 radical (unpaired) electrons. The Kier molecular flexibility index (Phi) is 3.56. The topological polar surface area (TPSA) is 46.5 Å². The summed E-state index contributed by atoms with van der Waals surface area (Å²) >= 11 is 0. The maximum absolute atomic E-state index is 13.4. The molecule has 2 bridgehead atoms. The third-order valence-corrected chi connectivity index (χ3v) is 7.24. The minimum atomic E-state index is -1.72. The van der Waals surface area contributed by atoms with E-state index in [-0.39, 0.29) is 6.10 Å². The zero-order valence-electron chi connectivity index (χ0n) is 15.9. The number of fused-ring (bicyclic) bond motifs is 5. The number of quaternary nitrogens is 1. The number of hydrogen-bond acceptors (Lipinski definition) is 3. The summed E-state index contributed by atoms with van der Waals surface area (Å²) in [6, 6.07) is 16.1. The molecule has 0 spiro atoms. The maximum atomic E-state index is 13.4. The van der Waals surface area contributed by atoms with E-state index in [4.69, 9.17) is 4.74 Å². The van der Waals surface area contributed by atoms with Gasteiger partial charge in [0.2, 0.25) is 5.60 Å². The van der Waals surface area contributed by atoms with Crippen molar-refractivity contribution in [3.63, 3.8) is 0 Å². The molecule has 4 nitrogen and oxygen atoms in total. The summed E-state index contributed by atoms with van der Waals surface area (Å²) in [7, 11) is 4.49. The third-order valence-electron chi connectivity index (χ3n) is 7.24. The molecule has 0 saturated carbocycles. The number of ether oxygens (including phenoxy) is 1. The molecule has 0 amide bonds. The van der Waals surface area contributed by atoms with Crippen LogP contribution in [0.15, 0.2) is 48.5 Å². The summed E-state index contributed by atoms with van der Waals surface area (Å²) in [5.41, 5.74) is 1.36. The molecule has 2 saturated heterocycles. The molecule has 1 aliphatic carbocycles. The molecule has 140 valence electrons. The molecule has 3 unspecified atom stereocenters. The number of esters is 1. The van der Waals surface area contributed by atoms with Gasteiger partial charge in [0, 0.05) is 24.0 Å². The molecule has 2 heterocycles. The molecule has 5 rings (SSSR count). The minimum Gasteiger partial charge on any atom is -0.453 e. The van der Waals surface area contributed by atoms with Crippen LogP contribution in [-0.2, 0) is 15.1 Å². The molecular formula is C23H26NO3+. The third kappa shape index (κ3) is 2.20. The first-order valence-electron chi connectivity index (χ1n) is 9.90. The molecule has 2 aromatic rings. The van der Waals surface area contributed by atoms with Crippen LogP contribution in [0.5, 0.6) is 0 Å². The lowest BCUT2D eigenvalue weighted by atomic mass is 9.91. The summed E-state index contributed by atoms with van der Waals surface area (Å²) in [5, 5.41) is 11.6. The van der Waals surface area contributed by atoms with E-state index in [9.17, 15) is 9.90 Å². The number of benzene rings is 2. The molecule has 0 aromatic heterocycles. The normalized spacial score (nSPS) is 29.1. The van der Waals surface area contributed by atoms with Crippen LogP contribution in [0, 0.1) is 0 Å². The highest BCUT2D eigenvalue weighted by molar-refractivity contribution is 5.96. The highest BCUT2D eigenvalue weighted by atomic mass is 16.6. The number of rotatable bonds is 2. The second-order valence-corrected chi connectivity index (χ2v) is 8.76. The summed E-state index contributed by atoms with van der Waals surface area (Å²) in [4.78, 5) is 13.4. The van der Waals surface area contributed by atoms with Crippen molar-refractivity contribution in [2.75, 3.05) is 14.1 Å². The monoisotopic (exact) mass is 364 g/mol. The molecule has 1 N–H and O–H groups in total. The fourth-order valence-electron chi connectivity index (χ4n) is 5.71. The lowest BCUT2D eigenvalue weighted by Crippen LogP contribution is -2.54. The van der Waals surface area contributed by atoms with Gasteiger partial charge in [-0.05, 0) is 24.0 Å². The van der Waals surface area contributed by atoms with Gasteiger partial charge in [0.1, 0.15) is 6.04 Å². The number of aliphatic hydroxyl groups is 1. The van der Waals surface area contributed by atoms with E-state index < -0.39 is 11.6 Å². The van der Waals surface area contributed by atoms with Gasteiger partial charge in [-0.3, -0.25) is 0 Å². The Balaban J connectivity index is 1.52. The Labute approximate surface area is 160 Å². The zero-order chi connectivity index (χ0) is 18.8. The van der Waals surface area contributed by atoms with Crippen molar-refractivity contribution in [3.8, 4) is 11.1 Å². The number of hydrogen-bond donors (Lipinski definition) is 1. The molecule has 2 aromatic carbocycles. The van der Waals surface area contributed by atoms with Gasteiger partial charge in [0.25, 0.3) is 0 Å². The van der Waals surface area contributed by atoms with E-state index in [1.54, 1.807) is 0 Å². The first-order valence-corrected chi connectivity index (χ1v) is 9.90. The van der Waals surface area contributed by atoms with Gasteiger partial charge in [-0.1, -0.05) is 48.5 Å². The van der Waals surface area contributed by atoms with Crippen LogP contribution in [0.2, 0.25) is 0 Å². The first-order chi connectivity index (χ1) is 12.9. The van der Waals surface area contributed by atoms with Gasteiger partial charge in [-0.2, -0.15) is 0 Å². The Morgan fingerprint density at radius 2 is 1.63 bits per heavy atom. The number of piperidine rings is 1. The summed E-state index contributed by atoms with van der Waals surface area (Å²) in [6.45, 7) is 0. The van der Waals surface area contributed by atoms with Crippen molar-refractivity contribution >= 4 is 5.97 Å². The maximum Gasteiger partial charge on any atom is 0.348 e. The summed E-state index contributed by atoms with van der Waals surface area (Å²) in [6.07, 6.45) is 4.23. The van der Waals surface area contributed by atoms with Crippen molar-refractivity contribution < 1.29 is 19.1 Å². The predicted octanol–water partition coefficient (Wildman–Crippen LogP) is 3.22. The van der Waals surface area contributed by atoms with Crippen LogP contribution in [0.25, 0.3) is 11.1 Å². The number of carbonyl (C=O) groups is 1. The van der Waals surface area contributed by atoms with Crippen LogP contribution in [0.4, 0.5) is 0 Å². The van der Waals surface area contributed by atoms with Gasteiger partial charge in [-0.25, -0.2) is 4.79 Å². The van der Waals surface area contributed by atoms with Crippen molar-refractivity contribution in [1.29, 1.82) is 0 Å². The van der Waals surface area contributed by atoms with E-state index in [1.807, 2.05) is 48.5 Å². The first kappa shape index (κ1) is 17.0. The molecule has 2 fully saturated rings. The van der Waals surface area contributed by atoms with Gasteiger partial charge in [-0.15, -0.1) is 0 Å². The number of carbonyl (C=O) groups excluding carboxylic acids is 1. The second kappa shape index (κ2) is 5.66. The highest BCUT2D eigenvalue weighted by Crippen LogP contribution is 2.49. The lowest BCUT2D eigenvalue weighted by Gasteiger charge is -2.41. The second-order valence-electron chi connectivity index (χ2n) is 8.76. The van der Waals surface area contributed by atoms with Crippen molar-refractivity contribution in [2.45, 2.75) is 49.5 Å². The van der Waals surface area contributed by atoms with E-state index in [1.165, 1.54) is 12.8 Å². The summed E-state index contributed by atoms with van der Waals surface area (Å²) in [5.74, 6) is -0.530. The Bertz CT molecular complexity index is 874.